The molecule has 35 heavy (non-hydrogen) atoms. The fourth-order valence-electron chi connectivity index (χ4n) is 4.83. The minimum Gasteiger partial charge on any atom is -0.380 e. The molecule has 8 nitrogen and oxygen atoms in total. The lowest BCUT2D eigenvalue weighted by molar-refractivity contribution is -0.153. The number of halogens is 1. The van der Waals surface area contributed by atoms with Crippen LogP contribution in [0.2, 0.25) is 0 Å². The van der Waals surface area contributed by atoms with Gasteiger partial charge in [0.1, 0.15) is 6.07 Å². The smallest absolute Gasteiger partial charge is 0.255 e. The Morgan fingerprint density at radius 2 is 1.71 bits per heavy atom. The number of hydrogen-bond acceptors (Lipinski definition) is 6. The monoisotopic (exact) mass is 588 g/mol. The lowest BCUT2D eigenvalue weighted by Gasteiger charge is -2.35. The van der Waals surface area contributed by atoms with Crippen LogP contribution in [-0.4, -0.2) is 58.8 Å². The van der Waals surface area contributed by atoms with Crippen molar-refractivity contribution in [1.82, 2.24) is 10.2 Å². The van der Waals surface area contributed by atoms with E-state index in [-0.39, 0.29) is 5.92 Å². The third-order valence-corrected chi connectivity index (χ3v) is 7.67. The largest absolute Gasteiger partial charge is 0.380 e. The summed E-state index contributed by atoms with van der Waals surface area (Å²) in [6.07, 6.45) is -1.98. The number of carbonyl (C=O) groups is 2. The second-order valence-corrected chi connectivity index (χ2v) is 9.85. The number of fused-ring (bicyclic) bond motifs is 1. The number of benzene rings is 2. The molecular weight excluding hydrogens is 559 g/mol. The van der Waals surface area contributed by atoms with Crippen LogP contribution in [0.1, 0.15) is 35.1 Å². The van der Waals surface area contributed by atoms with E-state index in [2.05, 4.69) is 38.9 Å². The molecule has 2 aliphatic rings. The van der Waals surface area contributed by atoms with Crippen LogP contribution >= 0.6 is 22.6 Å². The third kappa shape index (κ3) is 5.60. The van der Waals surface area contributed by atoms with Gasteiger partial charge in [0.25, 0.3) is 11.8 Å². The van der Waals surface area contributed by atoms with Crippen LogP contribution in [-0.2, 0) is 27.1 Å². The lowest BCUT2D eigenvalue weighted by atomic mass is 9.95. The Kier molecular flexibility index (Phi) is 8.26. The lowest BCUT2D eigenvalue weighted by Crippen LogP contribution is -2.50. The maximum Gasteiger partial charge on any atom is 0.255 e. The number of alkyl halides is 1. The Labute approximate surface area is 218 Å². The van der Waals surface area contributed by atoms with Gasteiger partial charge in [-0.1, -0.05) is 59.0 Å². The summed E-state index contributed by atoms with van der Waals surface area (Å²) in [4.78, 5) is 28.8. The molecule has 1 fully saturated rings. The van der Waals surface area contributed by atoms with Crippen molar-refractivity contribution in [2.24, 2.45) is 5.92 Å². The van der Waals surface area contributed by atoms with Gasteiger partial charge in [0.15, 0.2) is 12.2 Å². The average molecular weight is 588 g/mol. The van der Waals surface area contributed by atoms with E-state index in [0.717, 1.165) is 52.7 Å². The first-order valence-electron chi connectivity index (χ1n) is 11.7. The quantitative estimate of drug-likeness (QED) is 0.337. The number of aliphatic hydroxyl groups is 2. The second kappa shape index (κ2) is 11.4. The van der Waals surface area contributed by atoms with Crippen LogP contribution in [0, 0.1) is 17.2 Å². The molecule has 2 amide bonds. The van der Waals surface area contributed by atoms with E-state index in [9.17, 15) is 25.1 Å². The van der Waals surface area contributed by atoms with Crippen LogP contribution in [0.3, 0.4) is 0 Å². The van der Waals surface area contributed by atoms with Crippen LogP contribution < -0.4 is 10.2 Å². The number of anilines is 1. The van der Waals surface area contributed by atoms with Gasteiger partial charge in [0.2, 0.25) is 0 Å². The summed E-state index contributed by atoms with van der Waals surface area (Å²) in [6.45, 7) is 2.60. The van der Waals surface area contributed by atoms with E-state index >= 15 is 0 Å². The Balaban J connectivity index is 1.26. The number of nitriles is 1. The van der Waals surface area contributed by atoms with Crippen molar-refractivity contribution in [3.05, 3.63) is 64.7 Å². The predicted molar refractivity (Wildman–Crippen MR) is 140 cm³/mol. The molecule has 2 aliphatic heterocycles. The van der Waals surface area contributed by atoms with Gasteiger partial charge in [-0.15, -0.1) is 0 Å². The van der Waals surface area contributed by atoms with Gasteiger partial charge in [-0.05, 0) is 41.5 Å². The molecule has 0 unspecified atom stereocenters. The minimum absolute atomic E-state index is 0.209. The van der Waals surface area contributed by atoms with Crippen LogP contribution in [0.15, 0.2) is 42.5 Å². The molecule has 0 bridgehead atoms. The van der Waals surface area contributed by atoms with Gasteiger partial charge in [-0.2, -0.15) is 5.26 Å². The fourth-order valence-corrected chi connectivity index (χ4v) is 5.44. The highest BCUT2D eigenvalue weighted by Crippen LogP contribution is 2.31. The van der Waals surface area contributed by atoms with Crippen molar-refractivity contribution < 1.29 is 19.8 Å². The molecule has 3 N–H and O–H groups in total. The van der Waals surface area contributed by atoms with E-state index < -0.39 is 24.0 Å². The van der Waals surface area contributed by atoms with Crippen LogP contribution in [0.5, 0.6) is 0 Å². The van der Waals surface area contributed by atoms with Crippen LogP contribution in [0.4, 0.5) is 5.69 Å². The molecule has 2 atom stereocenters. The highest BCUT2D eigenvalue weighted by Gasteiger charge is 2.35. The maximum atomic E-state index is 12.6. The van der Waals surface area contributed by atoms with E-state index in [1.807, 2.05) is 42.5 Å². The first-order chi connectivity index (χ1) is 16.9. The van der Waals surface area contributed by atoms with Crippen molar-refractivity contribution in [3.63, 3.8) is 0 Å². The molecule has 0 spiro atoms. The molecule has 184 valence electrons. The van der Waals surface area contributed by atoms with Gasteiger partial charge in [-0.25, -0.2) is 0 Å². The number of amides is 2. The molecule has 9 heteroatoms. The third-order valence-electron chi connectivity index (χ3n) is 6.85. The van der Waals surface area contributed by atoms with Crippen molar-refractivity contribution in [1.29, 1.82) is 5.26 Å². The predicted octanol–water partition coefficient (Wildman–Crippen LogP) is 2.09. The maximum absolute atomic E-state index is 12.6. The Morgan fingerprint density at radius 1 is 1.06 bits per heavy atom. The van der Waals surface area contributed by atoms with Crippen molar-refractivity contribution in [2.75, 3.05) is 24.5 Å². The molecule has 0 saturated carbocycles. The zero-order valence-corrected chi connectivity index (χ0v) is 21.5. The fraction of sp³-hybridized carbons (Fsp3) is 0.423. The van der Waals surface area contributed by atoms with E-state index in [0.29, 0.717) is 25.2 Å². The van der Waals surface area contributed by atoms with Gasteiger partial charge < -0.3 is 25.3 Å². The number of rotatable bonds is 7. The molecule has 0 aromatic heterocycles. The van der Waals surface area contributed by atoms with Crippen molar-refractivity contribution in [2.45, 2.75) is 42.6 Å². The van der Waals surface area contributed by atoms with Crippen molar-refractivity contribution in [3.8, 4) is 6.07 Å². The number of nitrogens with zero attached hydrogens (tertiary/aromatic N) is 3. The molecule has 4 rings (SSSR count). The number of carbonyl (C=O) groups excluding carboxylic acids is 2. The van der Waals surface area contributed by atoms with Gasteiger partial charge in [-0.3, -0.25) is 9.59 Å². The van der Waals surface area contributed by atoms with Crippen molar-refractivity contribution >= 4 is 40.1 Å². The summed E-state index contributed by atoms with van der Waals surface area (Å²) in [7, 11) is 0. The normalized spacial score (nSPS) is 17.4. The first-order valence-corrected chi connectivity index (χ1v) is 13.3. The second-order valence-electron chi connectivity index (χ2n) is 9.09. The van der Waals surface area contributed by atoms with Crippen LogP contribution in [0.25, 0.3) is 0 Å². The zero-order valence-electron chi connectivity index (χ0n) is 19.4. The molecule has 1 saturated heterocycles. The Morgan fingerprint density at radius 3 is 2.31 bits per heavy atom. The standard InChI is InChI=1S/C26H29IN4O4/c27-12-18-6-3-7-19(13-28)22(18)30-10-8-17(9-11-30)14-29-25(34)23(32)24(33)26(35)31-15-20-4-1-2-5-21(20)16-31/h1-7,17,23-24,32-33H,8-12,14-16H2,(H,29,34)/t23-,24-/m1/s1. The first kappa shape index (κ1) is 25.4. The molecule has 2 aromatic rings. The highest BCUT2D eigenvalue weighted by molar-refractivity contribution is 14.1. The number of aliphatic hydroxyl groups excluding tert-OH is 2. The molecule has 2 aromatic carbocycles. The summed E-state index contributed by atoms with van der Waals surface area (Å²) in [5.41, 5.74) is 4.81. The topological polar surface area (TPSA) is 117 Å². The van der Waals surface area contributed by atoms with Gasteiger partial charge in [0, 0.05) is 37.2 Å². The van der Waals surface area contributed by atoms with Gasteiger partial charge >= 0.3 is 0 Å². The summed E-state index contributed by atoms with van der Waals surface area (Å²) in [5.74, 6) is -1.19. The highest BCUT2D eigenvalue weighted by atomic mass is 127. The molecule has 2 heterocycles. The van der Waals surface area contributed by atoms with E-state index in [1.165, 1.54) is 4.90 Å². The number of hydrogen-bond donors (Lipinski definition) is 3. The SMILES string of the molecule is N#Cc1cccc(CI)c1N1CCC(CNC(=O)[C@H](O)[C@@H](O)C(=O)N2Cc3ccccc3C2)CC1. The summed E-state index contributed by atoms with van der Waals surface area (Å²) >= 11 is 2.31. The Bertz CT molecular complexity index is 1100. The summed E-state index contributed by atoms with van der Waals surface area (Å²) < 4.78 is 0.820. The number of piperidine rings is 1. The molecular formula is C26H29IN4O4. The number of nitrogens with one attached hydrogen (secondary N) is 1. The van der Waals surface area contributed by atoms with E-state index in [1.54, 1.807) is 0 Å². The Hall–Kier alpha value is -2.68. The van der Waals surface area contributed by atoms with E-state index in [4.69, 9.17) is 0 Å². The molecule has 0 aliphatic carbocycles. The number of para-hydroxylation sites is 1. The zero-order chi connectivity index (χ0) is 24.9. The molecule has 0 radical (unpaired) electrons. The summed E-state index contributed by atoms with van der Waals surface area (Å²) in [5, 5.41) is 32.9. The van der Waals surface area contributed by atoms with Gasteiger partial charge in [0.05, 0.1) is 11.3 Å². The summed E-state index contributed by atoms with van der Waals surface area (Å²) in [6, 6.07) is 15.7. The minimum atomic E-state index is -1.82. The average Bonchev–Trinajstić information content (AvgIpc) is 3.34.